The first-order valence-electron chi connectivity index (χ1n) is 10.4. The lowest BCUT2D eigenvalue weighted by molar-refractivity contribution is 0.102. The van der Waals surface area contributed by atoms with Crippen LogP contribution in [-0.4, -0.2) is 42.5 Å². The van der Waals surface area contributed by atoms with Gasteiger partial charge in [0, 0.05) is 23.0 Å². The number of amidine groups is 1. The summed E-state index contributed by atoms with van der Waals surface area (Å²) < 4.78 is 74.8. The molecule has 0 spiro atoms. The first kappa shape index (κ1) is 24.4. The lowest BCUT2D eigenvalue weighted by atomic mass is 9.86. The first-order valence-corrected chi connectivity index (χ1v) is 12.0. The zero-order valence-electron chi connectivity index (χ0n) is 18.4. The van der Waals surface area contributed by atoms with Crippen LogP contribution in [-0.2, 0) is 5.54 Å². The SMILES string of the molecule is Cc1cc(C(F)F)cnc1C(=O)Nc1ccc(F)c([C@@]2(C)N=C(N)[C@@]3(CF)CC[C@@H]2S3(O)O)c1. The summed E-state index contributed by atoms with van der Waals surface area (Å²) in [6, 6.07) is 4.83. The number of halogens is 4. The fourth-order valence-corrected chi connectivity index (χ4v) is 7.59. The van der Waals surface area contributed by atoms with Crippen LogP contribution in [0.1, 0.15) is 53.4 Å². The quantitative estimate of drug-likeness (QED) is 0.434. The summed E-state index contributed by atoms with van der Waals surface area (Å²) in [5.74, 6) is -1.70. The Kier molecular flexibility index (Phi) is 5.90. The minimum atomic E-state index is -3.61. The van der Waals surface area contributed by atoms with E-state index in [0.29, 0.717) is 0 Å². The molecule has 0 radical (unpaired) electrons. The molecule has 2 bridgehead atoms. The number of aliphatic imine (C=N–C) groups is 1. The van der Waals surface area contributed by atoms with Crippen LogP contribution in [0.4, 0.5) is 23.2 Å². The number of alkyl halides is 3. The molecule has 0 aliphatic carbocycles. The van der Waals surface area contributed by atoms with Crippen molar-refractivity contribution < 1.29 is 31.5 Å². The summed E-state index contributed by atoms with van der Waals surface area (Å²) >= 11 is 0. The second-order valence-corrected chi connectivity index (χ2v) is 11.3. The van der Waals surface area contributed by atoms with E-state index in [4.69, 9.17) is 5.73 Å². The molecule has 2 aliphatic rings. The Morgan fingerprint density at radius 2 is 2.06 bits per heavy atom. The number of hydrogen-bond donors (Lipinski definition) is 4. The molecule has 1 amide bonds. The van der Waals surface area contributed by atoms with Gasteiger partial charge < -0.3 is 11.1 Å². The maximum atomic E-state index is 15.0. The van der Waals surface area contributed by atoms with E-state index in [1.807, 2.05) is 0 Å². The topological polar surface area (TPSA) is 121 Å². The largest absolute Gasteiger partial charge is 0.386 e. The maximum Gasteiger partial charge on any atom is 0.274 e. The minimum Gasteiger partial charge on any atom is -0.386 e. The van der Waals surface area contributed by atoms with Crippen molar-refractivity contribution in [1.29, 1.82) is 0 Å². The van der Waals surface area contributed by atoms with Gasteiger partial charge in [0.05, 0.1) is 5.25 Å². The van der Waals surface area contributed by atoms with Gasteiger partial charge in [-0.05, 0) is 56.5 Å². The predicted molar refractivity (Wildman–Crippen MR) is 122 cm³/mol. The predicted octanol–water partition coefficient (Wildman–Crippen LogP) is 4.93. The van der Waals surface area contributed by atoms with Crippen molar-refractivity contribution in [3.63, 3.8) is 0 Å². The molecule has 1 aromatic carbocycles. The number of rotatable bonds is 5. The molecule has 7 nitrogen and oxygen atoms in total. The molecule has 3 atom stereocenters. The number of fused-ring (bicyclic) bond motifs is 2. The van der Waals surface area contributed by atoms with Gasteiger partial charge >= 0.3 is 0 Å². The summed E-state index contributed by atoms with van der Waals surface area (Å²) in [6.45, 7) is 1.87. The monoisotopic (exact) mass is 500 g/mol. The second kappa shape index (κ2) is 8.21. The number of anilines is 1. The van der Waals surface area contributed by atoms with E-state index in [9.17, 15) is 31.5 Å². The van der Waals surface area contributed by atoms with Crippen LogP contribution < -0.4 is 11.1 Å². The van der Waals surface area contributed by atoms with E-state index < -0.39 is 51.0 Å². The van der Waals surface area contributed by atoms with Gasteiger partial charge in [-0.3, -0.25) is 23.9 Å². The zero-order chi connectivity index (χ0) is 25.1. The molecule has 4 rings (SSSR count). The van der Waals surface area contributed by atoms with Crippen molar-refractivity contribution in [2.45, 2.75) is 48.7 Å². The fraction of sp³-hybridized carbons (Fsp3) is 0.409. The van der Waals surface area contributed by atoms with Gasteiger partial charge in [0.15, 0.2) is 0 Å². The highest BCUT2D eigenvalue weighted by Crippen LogP contribution is 2.71. The molecular formula is C22H24F4N4O3S. The lowest BCUT2D eigenvalue weighted by Gasteiger charge is -2.54. The third-order valence-corrected chi connectivity index (χ3v) is 9.94. The van der Waals surface area contributed by atoms with Gasteiger partial charge in [0.25, 0.3) is 12.3 Å². The fourth-order valence-electron chi connectivity index (χ4n) is 4.84. The highest BCUT2D eigenvalue weighted by atomic mass is 32.3. The van der Waals surface area contributed by atoms with Gasteiger partial charge in [0.1, 0.15) is 34.3 Å². The number of aryl methyl sites for hydroxylation is 1. The summed E-state index contributed by atoms with van der Waals surface area (Å²) in [7, 11) is -3.61. The molecule has 5 N–H and O–H groups in total. The number of nitrogens with two attached hydrogens (primary N) is 1. The Bertz CT molecular complexity index is 1190. The number of carbonyl (C=O) groups is 1. The molecule has 0 saturated carbocycles. The van der Waals surface area contributed by atoms with E-state index in [2.05, 4.69) is 15.3 Å². The third-order valence-electron chi connectivity index (χ3n) is 6.78. The molecule has 1 aromatic heterocycles. The van der Waals surface area contributed by atoms with Gasteiger partial charge in [-0.2, -0.15) is 10.6 Å². The molecular weight excluding hydrogens is 476 g/mol. The summed E-state index contributed by atoms with van der Waals surface area (Å²) in [5, 5.41) is 1.57. The summed E-state index contributed by atoms with van der Waals surface area (Å²) in [4.78, 5) is 20.9. The molecule has 2 aliphatic heterocycles. The van der Waals surface area contributed by atoms with Crippen LogP contribution in [0.25, 0.3) is 0 Å². The van der Waals surface area contributed by atoms with Crippen LogP contribution in [0.5, 0.6) is 0 Å². The van der Waals surface area contributed by atoms with Crippen molar-refractivity contribution >= 4 is 28.0 Å². The van der Waals surface area contributed by atoms with Crippen LogP contribution >= 0.6 is 10.6 Å². The number of nitrogens with zero attached hydrogens (tertiary/aromatic N) is 2. The molecule has 1 fully saturated rings. The van der Waals surface area contributed by atoms with Crippen LogP contribution in [0.3, 0.4) is 0 Å². The molecule has 3 heterocycles. The number of benzene rings is 1. The maximum absolute atomic E-state index is 15.0. The highest BCUT2D eigenvalue weighted by molar-refractivity contribution is 8.26. The van der Waals surface area contributed by atoms with Crippen LogP contribution in [0, 0.1) is 12.7 Å². The van der Waals surface area contributed by atoms with E-state index >= 15 is 0 Å². The molecule has 12 heteroatoms. The number of pyridine rings is 1. The summed E-state index contributed by atoms with van der Waals surface area (Å²) in [6.07, 6.45) is -1.58. The summed E-state index contributed by atoms with van der Waals surface area (Å²) in [5.41, 5.74) is 4.41. The lowest BCUT2D eigenvalue weighted by Crippen LogP contribution is -2.55. The molecule has 2 aromatic rings. The average Bonchev–Trinajstić information content (AvgIpc) is 2.98. The Morgan fingerprint density at radius 3 is 2.68 bits per heavy atom. The van der Waals surface area contributed by atoms with Gasteiger partial charge in [-0.25, -0.2) is 17.6 Å². The number of aromatic nitrogens is 1. The van der Waals surface area contributed by atoms with E-state index in [-0.39, 0.29) is 46.7 Å². The smallest absolute Gasteiger partial charge is 0.274 e. The minimum absolute atomic E-state index is 0.0506. The number of hydrogen-bond acceptors (Lipinski definition) is 6. The van der Waals surface area contributed by atoms with E-state index in [0.717, 1.165) is 18.3 Å². The molecule has 1 saturated heterocycles. The van der Waals surface area contributed by atoms with Crippen molar-refractivity contribution in [3.8, 4) is 0 Å². The molecule has 34 heavy (non-hydrogen) atoms. The van der Waals surface area contributed by atoms with E-state index in [1.165, 1.54) is 26.0 Å². The van der Waals surface area contributed by atoms with Gasteiger partial charge in [-0.1, -0.05) is 0 Å². The normalized spacial score (nSPS) is 28.5. The Hall–Kier alpha value is -2.70. The van der Waals surface area contributed by atoms with Crippen molar-refractivity contribution in [2.75, 3.05) is 12.0 Å². The third kappa shape index (κ3) is 3.46. The second-order valence-electron chi connectivity index (χ2n) is 8.78. The number of carbonyl (C=O) groups excluding carboxylic acids is 1. The Balaban J connectivity index is 1.70. The van der Waals surface area contributed by atoms with Crippen molar-refractivity contribution in [1.82, 2.24) is 4.98 Å². The van der Waals surface area contributed by atoms with Gasteiger partial charge in [0.2, 0.25) is 0 Å². The van der Waals surface area contributed by atoms with Crippen molar-refractivity contribution in [3.05, 3.63) is 58.7 Å². The highest BCUT2D eigenvalue weighted by Gasteiger charge is 2.65. The van der Waals surface area contributed by atoms with E-state index in [1.54, 1.807) is 0 Å². The molecule has 184 valence electrons. The van der Waals surface area contributed by atoms with Crippen LogP contribution in [0.15, 0.2) is 35.5 Å². The first-order chi connectivity index (χ1) is 15.9. The zero-order valence-corrected chi connectivity index (χ0v) is 19.2. The number of nitrogens with one attached hydrogen (secondary N) is 1. The Labute approximate surface area is 194 Å². The van der Waals surface area contributed by atoms with Crippen LogP contribution in [0.2, 0.25) is 0 Å². The average molecular weight is 501 g/mol. The van der Waals surface area contributed by atoms with Gasteiger partial charge in [-0.15, -0.1) is 0 Å². The standard InChI is InChI=1S/C22H24F4N4O3S/c1-11-7-12(18(25)26)9-28-17(11)19(31)29-13-3-4-15(24)14(8-13)21(2)16-5-6-22(10-23,20(27)30-21)34(16,32)33/h3-4,7-9,16,18,32-33H,5-6,10H2,1-2H3,(H2,27,30)(H,29,31)/t16-,21+,22-/m0/s1. The Morgan fingerprint density at radius 1 is 1.35 bits per heavy atom. The number of amides is 1. The molecule has 0 unspecified atom stereocenters. The van der Waals surface area contributed by atoms with Crippen molar-refractivity contribution in [2.24, 2.45) is 10.7 Å².